The van der Waals surface area contributed by atoms with E-state index in [4.69, 9.17) is 9.47 Å². The Morgan fingerprint density at radius 3 is 2.62 bits per heavy atom. The maximum Gasteiger partial charge on any atom is 0.356 e. The number of nitrogens with one attached hydrogen (secondary N) is 1. The number of carbonyl (C=O) groups excluding carboxylic acids is 3. The molecule has 1 aromatic rings. The van der Waals surface area contributed by atoms with Gasteiger partial charge in [-0.3, -0.25) is 4.79 Å². The second kappa shape index (κ2) is 6.21. The summed E-state index contributed by atoms with van der Waals surface area (Å²) in [5.41, 5.74) is 0.667. The molecule has 0 unspecified atom stereocenters. The van der Waals surface area contributed by atoms with Crippen molar-refractivity contribution in [3.8, 4) is 0 Å². The van der Waals surface area contributed by atoms with Crippen LogP contribution in [-0.2, 0) is 30.5 Å². The molecule has 6 nitrogen and oxygen atoms in total. The third-order valence-electron chi connectivity index (χ3n) is 3.00. The number of cyclic esters (lactones) is 1. The van der Waals surface area contributed by atoms with Gasteiger partial charge in [-0.2, -0.15) is 0 Å². The van der Waals surface area contributed by atoms with Crippen LogP contribution in [0.25, 0.3) is 0 Å². The number of hydrogen-bond acceptors (Lipinski definition) is 5. The van der Waals surface area contributed by atoms with Gasteiger partial charge in [0.15, 0.2) is 6.10 Å². The third-order valence-corrected chi connectivity index (χ3v) is 3.00. The minimum Gasteiger partial charge on any atom is -0.457 e. The molecule has 1 atom stereocenters. The van der Waals surface area contributed by atoms with Crippen LogP contribution in [0.15, 0.2) is 41.6 Å². The van der Waals surface area contributed by atoms with Crippen molar-refractivity contribution in [3.05, 3.63) is 47.2 Å². The second-order valence-electron chi connectivity index (χ2n) is 4.60. The van der Waals surface area contributed by atoms with Crippen LogP contribution in [0.5, 0.6) is 0 Å². The summed E-state index contributed by atoms with van der Waals surface area (Å²) >= 11 is 0. The van der Waals surface area contributed by atoms with Gasteiger partial charge in [-0.05, 0) is 19.4 Å². The van der Waals surface area contributed by atoms with Gasteiger partial charge >= 0.3 is 11.9 Å². The van der Waals surface area contributed by atoms with E-state index in [0.717, 1.165) is 5.56 Å². The van der Waals surface area contributed by atoms with E-state index in [1.54, 1.807) is 0 Å². The van der Waals surface area contributed by atoms with Crippen molar-refractivity contribution >= 4 is 17.8 Å². The highest BCUT2D eigenvalue weighted by atomic mass is 16.6. The number of amides is 1. The van der Waals surface area contributed by atoms with E-state index in [-0.39, 0.29) is 17.9 Å². The van der Waals surface area contributed by atoms with E-state index in [0.29, 0.717) is 0 Å². The summed E-state index contributed by atoms with van der Waals surface area (Å²) in [4.78, 5) is 35.1. The smallest absolute Gasteiger partial charge is 0.356 e. The third kappa shape index (κ3) is 3.47. The Bertz CT molecular complexity index is 606. The molecule has 0 aromatic heterocycles. The first-order valence-electron chi connectivity index (χ1n) is 6.43. The van der Waals surface area contributed by atoms with Gasteiger partial charge in [0.05, 0.1) is 5.57 Å². The number of carbonyl (C=O) groups is 3. The maximum absolute atomic E-state index is 11.9. The fourth-order valence-corrected chi connectivity index (χ4v) is 1.73. The summed E-state index contributed by atoms with van der Waals surface area (Å²) in [6, 6.07) is 9.14. The van der Waals surface area contributed by atoms with Crippen LogP contribution in [0.3, 0.4) is 0 Å². The summed E-state index contributed by atoms with van der Waals surface area (Å²) in [7, 11) is 0. The fourth-order valence-electron chi connectivity index (χ4n) is 1.73. The first-order valence-corrected chi connectivity index (χ1v) is 6.43. The lowest BCUT2D eigenvalue weighted by atomic mass is 10.2. The van der Waals surface area contributed by atoms with Gasteiger partial charge in [-0.25, -0.2) is 9.59 Å². The van der Waals surface area contributed by atoms with E-state index in [1.807, 2.05) is 30.3 Å². The van der Waals surface area contributed by atoms with Gasteiger partial charge in [0.2, 0.25) is 0 Å². The molecule has 1 fully saturated rings. The Kier molecular flexibility index (Phi) is 4.37. The topological polar surface area (TPSA) is 81.7 Å². The Morgan fingerprint density at radius 1 is 1.29 bits per heavy atom. The quantitative estimate of drug-likeness (QED) is 0.665. The standard InChI is InChI=1S/C15H15NO5/c1-9(12-15(19)21-10(2)13(17)16-12)14(18)20-8-11-6-4-3-5-7-11/h3-7,10H,8H2,1-2H3,(H,16,17)/b12-9+/t10-/m0/s1. The average Bonchev–Trinajstić information content (AvgIpc) is 2.49. The lowest BCUT2D eigenvalue weighted by Gasteiger charge is -2.22. The zero-order valence-corrected chi connectivity index (χ0v) is 11.7. The molecule has 1 aromatic carbocycles. The predicted molar refractivity (Wildman–Crippen MR) is 72.6 cm³/mol. The highest BCUT2D eigenvalue weighted by Crippen LogP contribution is 2.13. The number of rotatable bonds is 3. The van der Waals surface area contributed by atoms with Crippen molar-refractivity contribution in [2.24, 2.45) is 0 Å². The van der Waals surface area contributed by atoms with E-state index in [2.05, 4.69) is 5.32 Å². The van der Waals surface area contributed by atoms with Crippen molar-refractivity contribution < 1.29 is 23.9 Å². The first kappa shape index (κ1) is 14.8. The van der Waals surface area contributed by atoms with Gasteiger partial charge in [0, 0.05) is 0 Å². The molecule has 0 bridgehead atoms. The van der Waals surface area contributed by atoms with Gasteiger partial charge in [0.25, 0.3) is 5.91 Å². The molecule has 0 radical (unpaired) electrons. The zero-order valence-electron chi connectivity index (χ0n) is 11.7. The lowest BCUT2D eigenvalue weighted by molar-refractivity contribution is -0.156. The highest BCUT2D eigenvalue weighted by molar-refractivity contribution is 6.05. The van der Waals surface area contributed by atoms with E-state index in [1.165, 1.54) is 13.8 Å². The minimum absolute atomic E-state index is 0.0104. The highest BCUT2D eigenvalue weighted by Gasteiger charge is 2.31. The number of esters is 2. The fraction of sp³-hybridized carbons (Fsp3) is 0.267. The van der Waals surface area contributed by atoms with Crippen LogP contribution in [-0.4, -0.2) is 23.9 Å². The molecule has 2 rings (SSSR count). The molecule has 0 aliphatic carbocycles. The summed E-state index contributed by atoms with van der Waals surface area (Å²) in [6.45, 7) is 2.94. The lowest BCUT2D eigenvalue weighted by Crippen LogP contribution is -2.45. The minimum atomic E-state index is -0.866. The zero-order chi connectivity index (χ0) is 15.4. The Morgan fingerprint density at radius 2 is 1.95 bits per heavy atom. The Labute approximate surface area is 121 Å². The van der Waals surface area contributed by atoms with Crippen molar-refractivity contribution in [1.82, 2.24) is 5.32 Å². The molecular formula is C15H15NO5. The Balaban J connectivity index is 2.06. The molecule has 1 aliphatic heterocycles. The summed E-state index contributed by atoms with van der Waals surface area (Å²) in [6.07, 6.45) is -0.866. The Hall–Kier alpha value is -2.63. The molecule has 0 spiro atoms. The molecule has 0 saturated carbocycles. The van der Waals surface area contributed by atoms with Gasteiger partial charge < -0.3 is 14.8 Å². The molecule has 1 heterocycles. The largest absolute Gasteiger partial charge is 0.457 e. The van der Waals surface area contributed by atoms with Crippen LogP contribution in [0.4, 0.5) is 0 Å². The van der Waals surface area contributed by atoms with Crippen molar-refractivity contribution in [1.29, 1.82) is 0 Å². The summed E-state index contributed by atoms with van der Waals surface area (Å²) in [5.74, 6) is -1.89. The molecule has 21 heavy (non-hydrogen) atoms. The van der Waals surface area contributed by atoms with Gasteiger partial charge in [0.1, 0.15) is 12.3 Å². The van der Waals surface area contributed by atoms with Crippen molar-refractivity contribution in [2.45, 2.75) is 26.6 Å². The second-order valence-corrected chi connectivity index (χ2v) is 4.60. The van der Waals surface area contributed by atoms with Gasteiger partial charge in [-0.1, -0.05) is 30.3 Å². The van der Waals surface area contributed by atoms with E-state index in [9.17, 15) is 14.4 Å². The normalized spacial score (nSPS) is 20.4. The SMILES string of the molecule is C/C(C(=O)OCc1ccccc1)=C1\NC(=O)[C@H](C)OC1=O. The maximum atomic E-state index is 11.9. The van der Waals surface area contributed by atoms with Gasteiger partial charge in [-0.15, -0.1) is 0 Å². The van der Waals surface area contributed by atoms with E-state index < -0.39 is 23.9 Å². The molecule has 6 heteroatoms. The van der Waals surface area contributed by atoms with Crippen molar-refractivity contribution in [3.63, 3.8) is 0 Å². The molecule has 1 saturated heterocycles. The monoisotopic (exact) mass is 289 g/mol. The first-order chi connectivity index (χ1) is 9.99. The number of ether oxygens (including phenoxy) is 2. The molecular weight excluding hydrogens is 274 g/mol. The number of benzene rings is 1. The van der Waals surface area contributed by atoms with E-state index >= 15 is 0 Å². The molecule has 1 N–H and O–H groups in total. The summed E-state index contributed by atoms with van der Waals surface area (Å²) in [5, 5.41) is 2.36. The number of morpholine rings is 1. The molecule has 110 valence electrons. The average molecular weight is 289 g/mol. The predicted octanol–water partition coefficient (Wildman–Crippen LogP) is 1.07. The van der Waals surface area contributed by atoms with Crippen LogP contribution in [0, 0.1) is 0 Å². The summed E-state index contributed by atoms with van der Waals surface area (Å²) < 4.78 is 9.93. The van der Waals surface area contributed by atoms with Crippen LogP contribution in [0.1, 0.15) is 19.4 Å². The van der Waals surface area contributed by atoms with Crippen LogP contribution in [0.2, 0.25) is 0 Å². The van der Waals surface area contributed by atoms with Crippen LogP contribution < -0.4 is 5.32 Å². The van der Waals surface area contributed by atoms with Crippen molar-refractivity contribution in [2.75, 3.05) is 0 Å². The molecule has 1 amide bonds. The number of hydrogen-bond donors (Lipinski definition) is 1. The van der Waals surface area contributed by atoms with Crippen LogP contribution >= 0.6 is 0 Å². The molecule has 1 aliphatic rings.